The summed E-state index contributed by atoms with van der Waals surface area (Å²) >= 11 is 0. The number of nitrogens with one attached hydrogen (secondary N) is 1. The fourth-order valence-electron chi connectivity index (χ4n) is 1.80. The number of ether oxygens (including phenoxy) is 1. The molecule has 5 nitrogen and oxygen atoms in total. The highest BCUT2D eigenvalue weighted by Crippen LogP contribution is 2.26. The van der Waals surface area contributed by atoms with Gasteiger partial charge in [0.2, 0.25) is 0 Å². The number of rotatable bonds is 4. The van der Waals surface area contributed by atoms with Gasteiger partial charge in [-0.15, -0.1) is 0 Å². The number of aromatic nitrogens is 2. The van der Waals surface area contributed by atoms with E-state index in [-0.39, 0.29) is 0 Å². The highest BCUT2D eigenvalue weighted by molar-refractivity contribution is 5.63. The average Bonchev–Trinajstić information content (AvgIpc) is 2.45. The van der Waals surface area contributed by atoms with E-state index in [1.165, 1.54) is 0 Å². The number of hydrogen-bond donors (Lipinski definition) is 1. The van der Waals surface area contributed by atoms with E-state index in [9.17, 15) is 0 Å². The molecule has 0 fully saturated rings. The minimum atomic E-state index is 0.733. The Kier molecular flexibility index (Phi) is 3.85. The van der Waals surface area contributed by atoms with Gasteiger partial charge < -0.3 is 15.0 Å². The molecule has 5 heteroatoms. The number of anilines is 3. The van der Waals surface area contributed by atoms with Gasteiger partial charge in [-0.3, -0.25) is 0 Å². The van der Waals surface area contributed by atoms with Crippen LogP contribution in [0.25, 0.3) is 0 Å². The van der Waals surface area contributed by atoms with Crippen molar-refractivity contribution in [1.82, 2.24) is 9.97 Å². The third-order valence-corrected chi connectivity index (χ3v) is 2.86. The van der Waals surface area contributed by atoms with Crippen LogP contribution in [0.4, 0.5) is 17.3 Å². The maximum absolute atomic E-state index is 5.24. The van der Waals surface area contributed by atoms with Crippen molar-refractivity contribution in [3.63, 3.8) is 0 Å². The normalized spacial score (nSPS) is 10.1. The molecule has 1 aromatic heterocycles. The van der Waals surface area contributed by atoms with Crippen molar-refractivity contribution in [1.29, 1.82) is 0 Å². The summed E-state index contributed by atoms with van der Waals surface area (Å²) in [5, 5.41) is 3.03. The van der Waals surface area contributed by atoms with Gasteiger partial charge in [-0.05, 0) is 19.1 Å². The van der Waals surface area contributed by atoms with Crippen molar-refractivity contribution in [2.45, 2.75) is 6.92 Å². The van der Waals surface area contributed by atoms with Crippen LogP contribution in [0.1, 0.15) is 5.82 Å². The maximum atomic E-state index is 5.24. The van der Waals surface area contributed by atoms with E-state index >= 15 is 0 Å². The zero-order valence-electron chi connectivity index (χ0n) is 11.6. The van der Waals surface area contributed by atoms with E-state index in [2.05, 4.69) is 15.3 Å². The number of benzene rings is 1. The van der Waals surface area contributed by atoms with Gasteiger partial charge in [0.25, 0.3) is 0 Å². The molecule has 0 unspecified atom stereocenters. The fourth-order valence-corrected chi connectivity index (χ4v) is 1.80. The molecule has 0 radical (unpaired) electrons. The minimum absolute atomic E-state index is 0.733. The standard InChI is InChI=1S/C14H18N4O/c1-10-16-13(15-2)9-14(17-10)18(3)11-6-5-7-12(8-11)19-4/h5-9H,1-4H3,(H,15,16,17). The summed E-state index contributed by atoms with van der Waals surface area (Å²) in [6, 6.07) is 9.77. The first-order valence-corrected chi connectivity index (χ1v) is 6.05. The van der Waals surface area contributed by atoms with Gasteiger partial charge in [-0.1, -0.05) is 6.07 Å². The Hall–Kier alpha value is -2.30. The SMILES string of the molecule is CNc1cc(N(C)c2cccc(OC)c2)nc(C)n1. The molecular weight excluding hydrogens is 240 g/mol. The van der Waals surface area contributed by atoms with Crippen LogP contribution in [-0.4, -0.2) is 31.2 Å². The highest BCUT2D eigenvalue weighted by atomic mass is 16.5. The van der Waals surface area contributed by atoms with E-state index in [0.717, 1.165) is 28.9 Å². The number of methoxy groups -OCH3 is 1. The lowest BCUT2D eigenvalue weighted by Crippen LogP contribution is -2.13. The molecule has 2 rings (SSSR count). The van der Waals surface area contributed by atoms with Crippen molar-refractivity contribution >= 4 is 17.3 Å². The quantitative estimate of drug-likeness (QED) is 0.913. The Balaban J connectivity index is 2.37. The van der Waals surface area contributed by atoms with Crippen molar-refractivity contribution in [2.24, 2.45) is 0 Å². The van der Waals surface area contributed by atoms with Crippen LogP contribution in [-0.2, 0) is 0 Å². The number of aryl methyl sites for hydroxylation is 1. The van der Waals surface area contributed by atoms with Crippen LogP contribution in [0.3, 0.4) is 0 Å². The van der Waals surface area contributed by atoms with E-state index in [0.29, 0.717) is 0 Å². The van der Waals surface area contributed by atoms with Crippen LogP contribution in [0.15, 0.2) is 30.3 Å². The fraction of sp³-hybridized carbons (Fsp3) is 0.286. The van der Waals surface area contributed by atoms with Gasteiger partial charge in [0.15, 0.2) is 0 Å². The third kappa shape index (κ3) is 2.93. The summed E-state index contributed by atoms with van der Waals surface area (Å²) in [5.41, 5.74) is 1.01. The van der Waals surface area contributed by atoms with Gasteiger partial charge in [-0.25, -0.2) is 9.97 Å². The summed E-state index contributed by atoms with van der Waals surface area (Å²) in [7, 11) is 5.47. The van der Waals surface area contributed by atoms with Gasteiger partial charge in [0, 0.05) is 31.9 Å². The molecule has 0 saturated heterocycles. The molecule has 0 bridgehead atoms. The molecule has 0 spiro atoms. The van der Waals surface area contributed by atoms with Crippen molar-refractivity contribution in [2.75, 3.05) is 31.4 Å². The molecule has 0 saturated carbocycles. The van der Waals surface area contributed by atoms with Crippen molar-refractivity contribution < 1.29 is 4.74 Å². The van der Waals surface area contributed by atoms with Crippen LogP contribution >= 0.6 is 0 Å². The first-order chi connectivity index (χ1) is 9.13. The van der Waals surface area contributed by atoms with Gasteiger partial charge in [0.1, 0.15) is 23.2 Å². The number of hydrogen-bond acceptors (Lipinski definition) is 5. The molecule has 1 heterocycles. The molecule has 0 atom stereocenters. The molecule has 1 aromatic carbocycles. The lowest BCUT2D eigenvalue weighted by molar-refractivity contribution is 0.415. The van der Waals surface area contributed by atoms with Gasteiger partial charge >= 0.3 is 0 Å². The van der Waals surface area contributed by atoms with Crippen molar-refractivity contribution in [3.05, 3.63) is 36.2 Å². The molecule has 19 heavy (non-hydrogen) atoms. The summed E-state index contributed by atoms with van der Waals surface area (Å²) in [6.07, 6.45) is 0. The Bertz CT molecular complexity index is 571. The molecule has 0 aliphatic carbocycles. The van der Waals surface area contributed by atoms with Crippen LogP contribution < -0.4 is 15.0 Å². The Morgan fingerprint density at radius 2 is 2.00 bits per heavy atom. The Labute approximate surface area is 113 Å². The first-order valence-electron chi connectivity index (χ1n) is 6.05. The molecular formula is C14H18N4O. The third-order valence-electron chi connectivity index (χ3n) is 2.86. The molecule has 100 valence electrons. The average molecular weight is 258 g/mol. The first kappa shape index (κ1) is 13.1. The summed E-state index contributed by atoms with van der Waals surface area (Å²) in [6.45, 7) is 1.88. The van der Waals surface area contributed by atoms with Crippen LogP contribution in [0.5, 0.6) is 5.75 Å². The Morgan fingerprint density at radius 3 is 2.68 bits per heavy atom. The van der Waals surface area contributed by atoms with E-state index in [1.54, 1.807) is 7.11 Å². The van der Waals surface area contributed by atoms with Gasteiger partial charge in [0.05, 0.1) is 7.11 Å². The molecule has 0 aliphatic heterocycles. The summed E-state index contributed by atoms with van der Waals surface area (Å²) in [4.78, 5) is 10.7. The summed E-state index contributed by atoms with van der Waals surface area (Å²) in [5.74, 6) is 3.20. The zero-order valence-corrected chi connectivity index (χ0v) is 11.6. The second kappa shape index (κ2) is 5.56. The van der Waals surface area contributed by atoms with Crippen LogP contribution in [0.2, 0.25) is 0 Å². The van der Waals surface area contributed by atoms with E-state index < -0.39 is 0 Å². The minimum Gasteiger partial charge on any atom is -0.497 e. The zero-order chi connectivity index (χ0) is 13.8. The highest BCUT2D eigenvalue weighted by Gasteiger charge is 2.08. The maximum Gasteiger partial charge on any atom is 0.138 e. The largest absolute Gasteiger partial charge is 0.497 e. The molecule has 0 amide bonds. The second-order valence-corrected chi connectivity index (χ2v) is 4.17. The lowest BCUT2D eigenvalue weighted by Gasteiger charge is -2.19. The number of nitrogens with zero attached hydrogens (tertiary/aromatic N) is 3. The van der Waals surface area contributed by atoms with E-state index in [4.69, 9.17) is 4.74 Å². The van der Waals surface area contributed by atoms with Crippen molar-refractivity contribution in [3.8, 4) is 5.75 Å². The predicted octanol–water partition coefficient (Wildman–Crippen LogP) is 2.60. The molecule has 0 aliphatic rings. The topological polar surface area (TPSA) is 50.3 Å². The van der Waals surface area contributed by atoms with Gasteiger partial charge in [-0.2, -0.15) is 0 Å². The lowest BCUT2D eigenvalue weighted by atomic mass is 10.2. The predicted molar refractivity (Wildman–Crippen MR) is 77.4 cm³/mol. The molecule has 2 aromatic rings. The monoisotopic (exact) mass is 258 g/mol. The Morgan fingerprint density at radius 1 is 1.21 bits per heavy atom. The smallest absolute Gasteiger partial charge is 0.138 e. The second-order valence-electron chi connectivity index (χ2n) is 4.17. The summed E-state index contributed by atoms with van der Waals surface area (Å²) < 4.78 is 5.24. The van der Waals surface area contributed by atoms with Crippen LogP contribution in [0, 0.1) is 6.92 Å². The van der Waals surface area contributed by atoms with E-state index in [1.807, 2.05) is 56.3 Å². The molecule has 1 N–H and O–H groups in total.